The topological polar surface area (TPSA) is 179 Å². The van der Waals surface area contributed by atoms with Crippen LogP contribution in [0, 0.1) is 11.2 Å². The number of nitrogens with one attached hydrogen (secondary N) is 1. The van der Waals surface area contributed by atoms with Gasteiger partial charge in [0.25, 0.3) is 0 Å². The Labute approximate surface area is 249 Å². The van der Waals surface area contributed by atoms with Crippen molar-refractivity contribution in [2.45, 2.75) is 24.5 Å². The Morgan fingerprint density at radius 3 is 2.09 bits per heavy atom. The molecule has 3 aromatic carbocycles. The summed E-state index contributed by atoms with van der Waals surface area (Å²) in [4.78, 5) is 21.4. The normalized spacial score (nSPS) is 11.3. The second-order valence-electron chi connectivity index (χ2n) is 9.16. The quantitative estimate of drug-likeness (QED) is 0.0935. The second kappa shape index (κ2) is 13.5. The molecule has 15 heteroatoms. The van der Waals surface area contributed by atoms with Crippen LogP contribution in [0.1, 0.15) is 28.4 Å². The van der Waals surface area contributed by atoms with Crippen molar-refractivity contribution in [3.05, 3.63) is 102 Å². The van der Waals surface area contributed by atoms with Crippen LogP contribution in [0.5, 0.6) is 0 Å². The molecule has 0 spiro atoms. The number of halogens is 4. The molecule has 4 aromatic rings. The molecule has 0 atom stereocenters. The average molecular weight is 635 g/mol. The summed E-state index contributed by atoms with van der Waals surface area (Å²) >= 11 is 0. The molecule has 4 rings (SSSR count). The number of esters is 1. The number of sulfonamides is 1. The molecule has 0 bridgehead atoms. The summed E-state index contributed by atoms with van der Waals surface area (Å²) in [7, 11) is -4.07. The Balaban J connectivity index is 0.000000676. The van der Waals surface area contributed by atoms with E-state index in [0.717, 1.165) is 23.8 Å². The van der Waals surface area contributed by atoms with Crippen molar-refractivity contribution in [1.29, 1.82) is 5.41 Å². The Bertz CT molecular complexity index is 1800. The van der Waals surface area contributed by atoms with Crippen LogP contribution in [0.25, 0.3) is 22.3 Å². The first-order chi connectivity index (χ1) is 20.5. The van der Waals surface area contributed by atoms with Crippen LogP contribution in [0.15, 0.2) is 84.0 Å². The monoisotopic (exact) mass is 634 g/mol. The van der Waals surface area contributed by atoms with Crippen molar-refractivity contribution in [2.24, 2.45) is 10.9 Å². The first-order valence-corrected chi connectivity index (χ1v) is 14.1. The van der Waals surface area contributed by atoms with Crippen molar-refractivity contribution in [3.8, 4) is 22.3 Å². The summed E-state index contributed by atoms with van der Waals surface area (Å²) in [6.45, 7) is 2.35. The van der Waals surface area contributed by atoms with Gasteiger partial charge in [-0.1, -0.05) is 42.5 Å². The number of rotatable bonds is 8. The fourth-order valence-corrected chi connectivity index (χ4v) is 4.80. The van der Waals surface area contributed by atoms with Crippen LogP contribution in [-0.2, 0) is 26.1 Å². The number of primary sulfonamides is 1. The number of ether oxygens (including phenoxy) is 1. The summed E-state index contributed by atoms with van der Waals surface area (Å²) in [5, 5.41) is 20.1. The van der Waals surface area contributed by atoms with Crippen LogP contribution >= 0.6 is 0 Å². The van der Waals surface area contributed by atoms with Crippen LogP contribution < -0.4 is 10.9 Å². The van der Waals surface area contributed by atoms with Gasteiger partial charge in [0.2, 0.25) is 10.0 Å². The first kappa shape index (κ1) is 33.5. The molecular weight excluding hydrogens is 608 g/mol. The largest absolute Gasteiger partial charge is 0.490 e. The van der Waals surface area contributed by atoms with Crippen molar-refractivity contribution in [1.82, 2.24) is 4.57 Å². The molecule has 0 unspecified atom stereocenters. The molecule has 0 aliphatic rings. The summed E-state index contributed by atoms with van der Waals surface area (Å²) in [6, 6.07) is 17.3. The predicted octanol–water partition coefficient (Wildman–Crippen LogP) is 4.75. The highest BCUT2D eigenvalue weighted by molar-refractivity contribution is 7.89. The SMILES string of the molecule is CCOC(=O)c1cn(Cc2cccc(C(=N)N)c2)cc1-c1ccc(-c2cc(F)ccc2S(N)(=O)=O)cc1.O=C(O)C(F)(F)F. The average Bonchev–Trinajstić information content (AvgIpc) is 3.36. The van der Waals surface area contributed by atoms with Gasteiger partial charge >= 0.3 is 18.1 Å². The molecule has 0 saturated heterocycles. The molecule has 0 saturated carbocycles. The molecule has 232 valence electrons. The van der Waals surface area contributed by atoms with Gasteiger partial charge < -0.3 is 20.1 Å². The lowest BCUT2D eigenvalue weighted by Crippen LogP contribution is -2.21. The molecule has 44 heavy (non-hydrogen) atoms. The number of alkyl halides is 3. The highest BCUT2D eigenvalue weighted by Crippen LogP contribution is 2.32. The molecule has 10 nitrogen and oxygen atoms in total. The predicted molar refractivity (Wildman–Crippen MR) is 153 cm³/mol. The third-order valence-corrected chi connectivity index (χ3v) is 6.95. The molecule has 1 heterocycles. The van der Waals surface area contributed by atoms with Crippen molar-refractivity contribution in [3.63, 3.8) is 0 Å². The van der Waals surface area contributed by atoms with Gasteiger partial charge in [0, 0.05) is 35.6 Å². The molecule has 6 N–H and O–H groups in total. The van der Waals surface area contributed by atoms with E-state index < -0.39 is 34.0 Å². The number of hydrogen-bond acceptors (Lipinski definition) is 6. The molecule has 1 aromatic heterocycles. The number of carboxylic acid groups (broad SMARTS) is 1. The van der Waals surface area contributed by atoms with E-state index in [0.29, 0.717) is 34.4 Å². The van der Waals surface area contributed by atoms with E-state index in [1.807, 2.05) is 22.8 Å². The maximum absolute atomic E-state index is 13.9. The van der Waals surface area contributed by atoms with E-state index in [1.165, 1.54) is 0 Å². The number of carbonyl (C=O) groups is 2. The van der Waals surface area contributed by atoms with Gasteiger partial charge in [-0.3, -0.25) is 5.41 Å². The molecule has 0 fully saturated rings. The van der Waals surface area contributed by atoms with Gasteiger partial charge in [-0.15, -0.1) is 0 Å². The molecule has 0 radical (unpaired) electrons. The van der Waals surface area contributed by atoms with Gasteiger partial charge in [0.05, 0.1) is 17.1 Å². The van der Waals surface area contributed by atoms with Gasteiger partial charge in [0.1, 0.15) is 11.7 Å². The van der Waals surface area contributed by atoms with Gasteiger partial charge in [-0.2, -0.15) is 13.2 Å². The Hall–Kier alpha value is -5.02. The summed E-state index contributed by atoms with van der Waals surface area (Å²) in [5.41, 5.74) is 9.33. The summed E-state index contributed by atoms with van der Waals surface area (Å²) in [6.07, 6.45) is -1.59. The minimum Gasteiger partial charge on any atom is -0.475 e. The molecule has 0 amide bonds. The van der Waals surface area contributed by atoms with Gasteiger partial charge in [-0.25, -0.2) is 27.5 Å². The lowest BCUT2D eigenvalue weighted by molar-refractivity contribution is -0.192. The van der Waals surface area contributed by atoms with Crippen LogP contribution in [0.4, 0.5) is 17.6 Å². The molecular formula is C29H26F4N4O6S. The maximum atomic E-state index is 13.9. The standard InChI is InChI=1S/C27H25FN4O4S.C2HF3O2/c1-2-36-27(33)24-16-32(14-17-4-3-5-20(12-17)26(29)30)15-23(24)19-8-6-18(7-9-19)22-13-21(28)10-11-25(22)37(31,34)35;3-2(4,5)1(6)7/h3-13,15-16H,2,14H2,1H3,(H3,29,30)(H2,31,34,35);(H,6,7). The minimum atomic E-state index is -5.08. The van der Waals surface area contributed by atoms with E-state index in [2.05, 4.69) is 0 Å². The van der Waals surface area contributed by atoms with Gasteiger partial charge in [0.15, 0.2) is 0 Å². The van der Waals surface area contributed by atoms with E-state index in [1.54, 1.807) is 49.6 Å². The second-order valence-corrected chi connectivity index (χ2v) is 10.7. The zero-order valence-electron chi connectivity index (χ0n) is 22.9. The lowest BCUT2D eigenvalue weighted by atomic mass is 9.99. The van der Waals surface area contributed by atoms with Gasteiger partial charge in [-0.05, 0) is 47.9 Å². The highest BCUT2D eigenvalue weighted by Gasteiger charge is 2.38. The number of nitrogens with two attached hydrogens (primary N) is 2. The molecule has 0 aliphatic heterocycles. The maximum Gasteiger partial charge on any atom is 0.490 e. The number of hydrogen-bond donors (Lipinski definition) is 4. The van der Waals surface area contributed by atoms with Crippen LogP contribution in [0.3, 0.4) is 0 Å². The zero-order valence-corrected chi connectivity index (χ0v) is 23.7. The number of aromatic nitrogens is 1. The number of carboxylic acids is 1. The van der Waals surface area contributed by atoms with Crippen LogP contribution in [-0.4, -0.2) is 48.6 Å². The number of nitrogen functional groups attached to an aromatic ring is 1. The lowest BCUT2D eigenvalue weighted by Gasteiger charge is -2.10. The van der Waals surface area contributed by atoms with Crippen LogP contribution in [0.2, 0.25) is 0 Å². The Kier molecular flexibility index (Phi) is 10.3. The smallest absolute Gasteiger partial charge is 0.475 e. The Morgan fingerprint density at radius 2 is 1.57 bits per heavy atom. The number of carbonyl (C=O) groups excluding carboxylic acids is 1. The first-order valence-electron chi connectivity index (χ1n) is 12.5. The van der Waals surface area contributed by atoms with E-state index in [9.17, 15) is 30.8 Å². The van der Waals surface area contributed by atoms with Crippen molar-refractivity contribution < 1.29 is 45.4 Å². The van der Waals surface area contributed by atoms with E-state index in [4.69, 9.17) is 30.9 Å². The third-order valence-electron chi connectivity index (χ3n) is 5.98. The number of nitrogens with zero attached hydrogens (tertiary/aromatic N) is 1. The number of aliphatic carboxylic acids is 1. The number of amidine groups is 1. The Morgan fingerprint density at radius 1 is 0.977 bits per heavy atom. The minimum absolute atomic E-state index is 0.0359. The van der Waals surface area contributed by atoms with E-state index >= 15 is 0 Å². The number of benzene rings is 3. The summed E-state index contributed by atoms with van der Waals surface area (Å²) < 4.78 is 76.7. The third kappa shape index (κ3) is 8.52. The fourth-order valence-electron chi connectivity index (χ4n) is 4.05. The van der Waals surface area contributed by atoms with Crippen molar-refractivity contribution in [2.75, 3.05) is 6.61 Å². The fraction of sp³-hybridized carbons (Fsp3) is 0.138. The van der Waals surface area contributed by atoms with E-state index in [-0.39, 0.29) is 22.9 Å². The summed E-state index contributed by atoms with van der Waals surface area (Å²) in [5.74, 6) is -3.87. The van der Waals surface area contributed by atoms with Crippen molar-refractivity contribution >= 4 is 27.8 Å². The molecule has 0 aliphatic carbocycles. The zero-order chi connectivity index (χ0) is 32.8. The highest BCUT2D eigenvalue weighted by atomic mass is 32.2.